The first-order valence-electron chi connectivity index (χ1n) is 10.2. The van der Waals surface area contributed by atoms with Gasteiger partial charge in [-0.1, -0.05) is 0 Å². The van der Waals surface area contributed by atoms with Crippen LogP contribution in [0.15, 0.2) is 39.9 Å². The van der Waals surface area contributed by atoms with Crippen molar-refractivity contribution in [3.05, 3.63) is 51.2 Å². The minimum Gasteiger partial charge on any atom is -0.371 e. The highest BCUT2D eigenvalue weighted by Gasteiger charge is 2.17. The molecule has 1 aliphatic rings. The quantitative estimate of drug-likeness (QED) is 0.548. The van der Waals surface area contributed by atoms with E-state index in [1.807, 2.05) is 12.1 Å². The Morgan fingerprint density at radius 2 is 1.61 bits per heavy atom. The van der Waals surface area contributed by atoms with Crippen LogP contribution in [0, 0.1) is 0 Å². The largest absolute Gasteiger partial charge is 0.371 e. The fourth-order valence-corrected chi connectivity index (χ4v) is 4.17. The van der Waals surface area contributed by atoms with Crippen molar-refractivity contribution >= 4 is 27.2 Å². The van der Waals surface area contributed by atoms with Gasteiger partial charge in [-0.2, -0.15) is 0 Å². The second-order valence-electron chi connectivity index (χ2n) is 7.80. The van der Waals surface area contributed by atoms with Crippen LogP contribution in [0.25, 0.3) is 0 Å². The lowest BCUT2D eigenvalue weighted by atomic mass is 10.2. The van der Waals surface area contributed by atoms with Crippen LogP contribution in [0.3, 0.4) is 0 Å². The molecular formula is C20H30N6O4S. The summed E-state index contributed by atoms with van der Waals surface area (Å²) in [5.41, 5.74) is 0.978. The molecule has 0 atom stereocenters. The van der Waals surface area contributed by atoms with E-state index in [2.05, 4.69) is 19.8 Å². The van der Waals surface area contributed by atoms with Crippen molar-refractivity contribution in [1.29, 1.82) is 0 Å². The number of hydrogen-bond donors (Lipinski definition) is 2. The Kier molecular flexibility index (Phi) is 7.06. The number of rotatable bonds is 8. The third-order valence-corrected chi connectivity index (χ3v) is 6.00. The van der Waals surface area contributed by atoms with Gasteiger partial charge in [-0.05, 0) is 37.2 Å². The Bertz CT molecular complexity index is 1120. The molecule has 0 aliphatic carbocycles. The molecule has 3 rings (SSSR count). The summed E-state index contributed by atoms with van der Waals surface area (Å²) in [5, 5.41) is 3.18. The molecule has 0 unspecified atom stereocenters. The van der Waals surface area contributed by atoms with Crippen molar-refractivity contribution in [3.8, 4) is 0 Å². The molecule has 0 bridgehead atoms. The number of piperazine rings is 1. The summed E-state index contributed by atoms with van der Waals surface area (Å²) in [7, 11) is -0.155. The maximum atomic E-state index is 12.0. The average molecular weight is 451 g/mol. The van der Waals surface area contributed by atoms with Gasteiger partial charge in [0.15, 0.2) is 0 Å². The van der Waals surface area contributed by atoms with Gasteiger partial charge in [0.05, 0.1) is 6.26 Å². The molecule has 1 aromatic heterocycles. The number of nitrogens with one attached hydrogen (secondary N) is 2. The van der Waals surface area contributed by atoms with Crippen LogP contribution in [0.5, 0.6) is 0 Å². The van der Waals surface area contributed by atoms with Crippen molar-refractivity contribution in [2.24, 2.45) is 14.1 Å². The van der Waals surface area contributed by atoms with Gasteiger partial charge in [-0.3, -0.25) is 23.6 Å². The molecule has 11 heteroatoms. The van der Waals surface area contributed by atoms with Gasteiger partial charge in [0, 0.05) is 64.3 Å². The molecule has 0 spiro atoms. The summed E-state index contributed by atoms with van der Waals surface area (Å²) in [6, 6.07) is 8.86. The number of sulfonamides is 1. The lowest BCUT2D eigenvalue weighted by Gasteiger charge is -2.36. The van der Waals surface area contributed by atoms with Gasteiger partial charge in [0.1, 0.15) is 5.82 Å². The fourth-order valence-electron chi connectivity index (χ4n) is 3.61. The van der Waals surface area contributed by atoms with Crippen LogP contribution < -0.4 is 26.2 Å². The van der Waals surface area contributed by atoms with E-state index in [1.54, 1.807) is 19.2 Å². The molecule has 2 N–H and O–H groups in total. The third kappa shape index (κ3) is 6.11. The Labute approximate surface area is 182 Å². The summed E-state index contributed by atoms with van der Waals surface area (Å²) >= 11 is 0. The van der Waals surface area contributed by atoms with Crippen molar-refractivity contribution in [2.75, 3.05) is 60.5 Å². The highest BCUT2D eigenvalue weighted by molar-refractivity contribution is 7.92. The van der Waals surface area contributed by atoms with Gasteiger partial charge in [-0.15, -0.1) is 0 Å². The minimum absolute atomic E-state index is 0.318. The summed E-state index contributed by atoms with van der Waals surface area (Å²) in [6.07, 6.45) is 2.03. The Balaban J connectivity index is 1.43. The van der Waals surface area contributed by atoms with Crippen LogP contribution in [-0.4, -0.2) is 68.0 Å². The maximum absolute atomic E-state index is 12.0. The number of aromatic nitrogens is 2. The van der Waals surface area contributed by atoms with Gasteiger partial charge >= 0.3 is 5.69 Å². The molecular weight excluding hydrogens is 420 g/mol. The van der Waals surface area contributed by atoms with Gasteiger partial charge < -0.3 is 10.2 Å². The fraction of sp³-hybridized carbons (Fsp3) is 0.500. The van der Waals surface area contributed by atoms with Gasteiger partial charge in [0.25, 0.3) is 5.56 Å². The molecule has 31 heavy (non-hydrogen) atoms. The van der Waals surface area contributed by atoms with E-state index in [0.717, 1.165) is 55.7 Å². The number of hydrogen-bond acceptors (Lipinski definition) is 7. The van der Waals surface area contributed by atoms with Gasteiger partial charge in [-0.25, -0.2) is 13.2 Å². The molecule has 1 aromatic carbocycles. The normalized spacial score (nSPS) is 15.1. The first-order chi connectivity index (χ1) is 14.6. The van der Waals surface area contributed by atoms with Crippen LogP contribution in [0.1, 0.15) is 6.42 Å². The summed E-state index contributed by atoms with van der Waals surface area (Å²) < 4.78 is 27.6. The molecule has 0 radical (unpaired) electrons. The predicted octanol–water partition coefficient (Wildman–Crippen LogP) is 0.0797. The Morgan fingerprint density at radius 1 is 0.968 bits per heavy atom. The van der Waals surface area contributed by atoms with Crippen molar-refractivity contribution in [1.82, 2.24) is 14.0 Å². The molecule has 1 aliphatic heterocycles. The van der Waals surface area contributed by atoms with Crippen molar-refractivity contribution in [2.45, 2.75) is 6.42 Å². The molecule has 170 valence electrons. The summed E-state index contributed by atoms with van der Waals surface area (Å²) in [5.74, 6) is 0.534. The van der Waals surface area contributed by atoms with E-state index in [0.29, 0.717) is 18.1 Å². The van der Waals surface area contributed by atoms with Crippen LogP contribution in [0.4, 0.5) is 17.2 Å². The van der Waals surface area contributed by atoms with E-state index in [4.69, 9.17) is 0 Å². The maximum Gasteiger partial charge on any atom is 0.332 e. The highest BCUT2D eigenvalue weighted by Crippen LogP contribution is 2.20. The van der Waals surface area contributed by atoms with E-state index < -0.39 is 10.0 Å². The zero-order valence-corrected chi connectivity index (χ0v) is 19.0. The average Bonchev–Trinajstić information content (AvgIpc) is 2.73. The van der Waals surface area contributed by atoms with Crippen LogP contribution in [0.2, 0.25) is 0 Å². The van der Waals surface area contributed by atoms with E-state index >= 15 is 0 Å². The molecule has 1 saturated heterocycles. The summed E-state index contributed by atoms with van der Waals surface area (Å²) in [6.45, 7) is 5.28. The second kappa shape index (κ2) is 9.56. The first kappa shape index (κ1) is 22.9. The SMILES string of the molecule is Cn1c(NCCCN2CCN(c3ccc(NS(C)(=O)=O)cc3)CC2)cc(=O)n(C)c1=O. The number of nitrogens with zero attached hydrogens (tertiary/aromatic N) is 4. The first-order valence-corrected chi connectivity index (χ1v) is 12.1. The lowest BCUT2D eigenvalue weighted by molar-refractivity contribution is 0.257. The Hall–Kier alpha value is -2.79. The summed E-state index contributed by atoms with van der Waals surface area (Å²) in [4.78, 5) is 28.4. The van der Waals surface area contributed by atoms with Crippen molar-refractivity contribution < 1.29 is 8.42 Å². The molecule has 2 heterocycles. The lowest BCUT2D eigenvalue weighted by Crippen LogP contribution is -2.46. The minimum atomic E-state index is -3.27. The molecule has 1 fully saturated rings. The topological polar surface area (TPSA) is 109 Å². The molecule has 0 amide bonds. The van der Waals surface area contributed by atoms with Crippen LogP contribution in [-0.2, 0) is 24.1 Å². The van der Waals surface area contributed by atoms with Crippen LogP contribution >= 0.6 is 0 Å². The Morgan fingerprint density at radius 3 is 2.23 bits per heavy atom. The highest BCUT2D eigenvalue weighted by atomic mass is 32.2. The third-order valence-electron chi connectivity index (χ3n) is 5.39. The zero-order chi connectivity index (χ0) is 22.6. The second-order valence-corrected chi connectivity index (χ2v) is 9.55. The number of anilines is 3. The molecule has 0 saturated carbocycles. The standard InChI is InChI=1S/C20H30N6O4S/c1-23-18(15-19(27)24(2)20(23)28)21-9-4-10-25-11-13-26(14-12-25)17-7-5-16(6-8-17)22-31(3,29)30/h5-8,15,21-22H,4,9-14H2,1-3H3. The monoisotopic (exact) mass is 450 g/mol. The van der Waals surface area contributed by atoms with E-state index in [-0.39, 0.29) is 11.2 Å². The zero-order valence-electron chi connectivity index (χ0n) is 18.2. The van der Waals surface area contributed by atoms with Crippen molar-refractivity contribution in [3.63, 3.8) is 0 Å². The van der Waals surface area contributed by atoms with Gasteiger partial charge in [0.2, 0.25) is 10.0 Å². The predicted molar refractivity (Wildman–Crippen MR) is 124 cm³/mol. The molecule has 10 nitrogen and oxygen atoms in total. The van der Waals surface area contributed by atoms with E-state index in [9.17, 15) is 18.0 Å². The molecule has 2 aromatic rings. The number of benzene rings is 1. The smallest absolute Gasteiger partial charge is 0.332 e. The van der Waals surface area contributed by atoms with E-state index in [1.165, 1.54) is 17.7 Å².